The Morgan fingerprint density at radius 2 is 1.96 bits per heavy atom. The number of para-hydroxylation sites is 2. The molecule has 1 aliphatic heterocycles. The number of rotatable bonds is 7. The zero-order valence-corrected chi connectivity index (χ0v) is 15.5. The summed E-state index contributed by atoms with van der Waals surface area (Å²) in [5.74, 6) is 1.79. The van der Waals surface area contributed by atoms with Crippen molar-refractivity contribution >= 4 is 17.0 Å². The minimum Gasteiger partial charge on any atom is -0.355 e. The fraction of sp³-hybridized carbons (Fsp3) is 0.650. The molecular weight excluding hydrogens is 296 g/mol. The van der Waals surface area contributed by atoms with Gasteiger partial charge in [-0.05, 0) is 70.8 Å². The van der Waals surface area contributed by atoms with Gasteiger partial charge in [-0.1, -0.05) is 25.5 Å². The van der Waals surface area contributed by atoms with Gasteiger partial charge in [0.25, 0.3) is 0 Å². The molecule has 0 radical (unpaired) electrons. The second-order valence-corrected chi connectivity index (χ2v) is 7.41. The molecule has 3 rings (SSSR count). The van der Waals surface area contributed by atoms with Gasteiger partial charge in [0.05, 0.1) is 11.0 Å². The van der Waals surface area contributed by atoms with Crippen LogP contribution in [0.25, 0.3) is 11.0 Å². The fourth-order valence-electron chi connectivity index (χ4n) is 3.72. The monoisotopic (exact) mass is 328 g/mol. The molecule has 4 nitrogen and oxygen atoms in total. The molecule has 0 aliphatic carbocycles. The summed E-state index contributed by atoms with van der Waals surface area (Å²) >= 11 is 0. The first-order valence-electron chi connectivity index (χ1n) is 9.62. The molecule has 1 saturated heterocycles. The molecule has 0 spiro atoms. The van der Waals surface area contributed by atoms with Gasteiger partial charge in [0, 0.05) is 12.6 Å². The van der Waals surface area contributed by atoms with Crippen molar-refractivity contribution in [1.29, 1.82) is 0 Å². The molecule has 1 fully saturated rings. The molecule has 1 aromatic heterocycles. The second-order valence-electron chi connectivity index (χ2n) is 7.41. The maximum Gasteiger partial charge on any atom is 0.204 e. The predicted molar refractivity (Wildman–Crippen MR) is 103 cm³/mol. The summed E-state index contributed by atoms with van der Waals surface area (Å²) in [5, 5.41) is 3.65. The normalized spacial score (nSPS) is 17.0. The first-order chi connectivity index (χ1) is 11.7. The minimum absolute atomic E-state index is 0.413. The van der Waals surface area contributed by atoms with Gasteiger partial charge in [-0.2, -0.15) is 0 Å². The summed E-state index contributed by atoms with van der Waals surface area (Å²) in [7, 11) is 0. The van der Waals surface area contributed by atoms with Crippen molar-refractivity contribution in [3.63, 3.8) is 0 Å². The Labute approximate surface area is 146 Å². The third-order valence-corrected chi connectivity index (χ3v) is 5.20. The van der Waals surface area contributed by atoms with E-state index in [9.17, 15) is 0 Å². The van der Waals surface area contributed by atoms with Crippen molar-refractivity contribution in [2.45, 2.75) is 52.5 Å². The highest BCUT2D eigenvalue weighted by atomic mass is 15.2. The van der Waals surface area contributed by atoms with E-state index in [1.165, 1.54) is 50.8 Å². The van der Waals surface area contributed by atoms with Gasteiger partial charge in [0.1, 0.15) is 0 Å². The van der Waals surface area contributed by atoms with E-state index in [0.717, 1.165) is 23.9 Å². The van der Waals surface area contributed by atoms with Crippen molar-refractivity contribution < 1.29 is 0 Å². The van der Waals surface area contributed by atoms with E-state index in [1.54, 1.807) is 0 Å². The number of piperidine rings is 1. The molecular formula is C20H32N4. The number of unbranched alkanes of at least 4 members (excludes halogenated alkanes) is 1. The van der Waals surface area contributed by atoms with Crippen LogP contribution in [0.2, 0.25) is 0 Å². The van der Waals surface area contributed by atoms with Crippen LogP contribution >= 0.6 is 0 Å². The molecule has 24 heavy (non-hydrogen) atoms. The van der Waals surface area contributed by atoms with E-state index >= 15 is 0 Å². The summed E-state index contributed by atoms with van der Waals surface area (Å²) in [4.78, 5) is 7.44. The zero-order valence-electron chi connectivity index (χ0n) is 15.5. The fourth-order valence-corrected chi connectivity index (χ4v) is 3.72. The van der Waals surface area contributed by atoms with Crippen LogP contribution in [0, 0.1) is 5.92 Å². The summed E-state index contributed by atoms with van der Waals surface area (Å²) in [6, 6.07) is 8.84. The molecule has 132 valence electrons. The van der Waals surface area contributed by atoms with Crippen molar-refractivity contribution in [3.05, 3.63) is 24.3 Å². The molecule has 1 aromatic carbocycles. The van der Waals surface area contributed by atoms with Crippen molar-refractivity contribution in [1.82, 2.24) is 14.5 Å². The lowest BCUT2D eigenvalue weighted by atomic mass is 9.96. The number of hydrogen-bond acceptors (Lipinski definition) is 3. The lowest BCUT2D eigenvalue weighted by Gasteiger charge is -2.32. The van der Waals surface area contributed by atoms with Crippen LogP contribution in [-0.2, 0) is 0 Å². The second kappa shape index (κ2) is 8.02. The quantitative estimate of drug-likeness (QED) is 0.810. The van der Waals surface area contributed by atoms with Gasteiger partial charge in [0.15, 0.2) is 0 Å². The average molecular weight is 329 g/mol. The van der Waals surface area contributed by atoms with Crippen LogP contribution in [0.4, 0.5) is 5.95 Å². The number of nitrogens with one attached hydrogen (secondary N) is 1. The number of aromatic nitrogens is 2. The van der Waals surface area contributed by atoms with E-state index in [1.807, 2.05) is 0 Å². The molecule has 1 N–H and O–H groups in total. The van der Waals surface area contributed by atoms with Crippen molar-refractivity contribution in [3.8, 4) is 0 Å². The third-order valence-electron chi connectivity index (χ3n) is 5.20. The first kappa shape index (κ1) is 17.3. The van der Waals surface area contributed by atoms with Gasteiger partial charge in [-0.25, -0.2) is 4.98 Å². The van der Waals surface area contributed by atoms with Crippen LogP contribution in [0.5, 0.6) is 0 Å². The molecule has 0 bridgehead atoms. The first-order valence-corrected chi connectivity index (χ1v) is 9.62. The number of anilines is 1. The summed E-state index contributed by atoms with van der Waals surface area (Å²) in [6.45, 7) is 11.6. The molecule has 4 heteroatoms. The molecule has 0 unspecified atom stereocenters. The maximum absolute atomic E-state index is 4.82. The Morgan fingerprint density at radius 1 is 1.21 bits per heavy atom. The highest BCUT2D eigenvalue weighted by molar-refractivity contribution is 5.78. The van der Waals surface area contributed by atoms with Crippen LogP contribution in [0.15, 0.2) is 24.3 Å². The van der Waals surface area contributed by atoms with Crippen LogP contribution < -0.4 is 5.32 Å². The predicted octanol–water partition coefficient (Wildman–Crippen LogP) is 4.54. The Balaban J connectivity index is 1.59. The Morgan fingerprint density at radius 3 is 2.67 bits per heavy atom. The molecule has 2 heterocycles. The average Bonchev–Trinajstić information content (AvgIpc) is 2.97. The lowest BCUT2D eigenvalue weighted by molar-refractivity contribution is 0.187. The molecule has 2 aromatic rings. The van der Waals surface area contributed by atoms with Crippen LogP contribution in [0.3, 0.4) is 0 Å². The number of fused-ring (bicyclic) bond motifs is 1. The summed E-state index contributed by atoms with van der Waals surface area (Å²) < 4.78 is 2.33. The third kappa shape index (κ3) is 3.92. The Hall–Kier alpha value is -1.55. The standard InChI is InChI=1S/C20H32N4/c1-4-5-12-23-13-10-17(11-14-23)15-21-20-22-18-8-6-7-9-19(18)24(20)16(2)3/h6-9,16-17H,4-5,10-15H2,1-3H3,(H,21,22). The van der Waals surface area contributed by atoms with Crippen LogP contribution in [-0.4, -0.2) is 40.6 Å². The van der Waals surface area contributed by atoms with Crippen molar-refractivity contribution in [2.75, 3.05) is 31.5 Å². The van der Waals surface area contributed by atoms with E-state index in [4.69, 9.17) is 4.98 Å². The van der Waals surface area contributed by atoms with Gasteiger partial charge in [0.2, 0.25) is 5.95 Å². The summed E-state index contributed by atoms with van der Waals surface area (Å²) in [6.07, 6.45) is 5.24. The Kier molecular flexibility index (Phi) is 5.77. The van der Waals surface area contributed by atoms with E-state index < -0.39 is 0 Å². The van der Waals surface area contributed by atoms with Gasteiger partial charge in [-0.15, -0.1) is 0 Å². The highest BCUT2D eigenvalue weighted by Gasteiger charge is 2.20. The number of benzene rings is 1. The van der Waals surface area contributed by atoms with Gasteiger partial charge in [-0.3, -0.25) is 0 Å². The van der Waals surface area contributed by atoms with E-state index in [0.29, 0.717) is 6.04 Å². The minimum atomic E-state index is 0.413. The number of nitrogens with zero attached hydrogens (tertiary/aromatic N) is 3. The SMILES string of the molecule is CCCCN1CCC(CNc2nc3ccccc3n2C(C)C)CC1. The number of likely N-dealkylation sites (tertiary alicyclic amines) is 1. The highest BCUT2D eigenvalue weighted by Crippen LogP contribution is 2.25. The molecule has 0 amide bonds. The molecule has 0 atom stereocenters. The van der Waals surface area contributed by atoms with E-state index in [2.05, 4.69) is 59.8 Å². The number of hydrogen-bond donors (Lipinski definition) is 1. The van der Waals surface area contributed by atoms with Crippen LogP contribution in [0.1, 0.15) is 52.5 Å². The smallest absolute Gasteiger partial charge is 0.204 e. The number of imidazole rings is 1. The Bertz CT molecular complexity index is 638. The van der Waals surface area contributed by atoms with E-state index in [-0.39, 0.29) is 0 Å². The topological polar surface area (TPSA) is 33.1 Å². The largest absolute Gasteiger partial charge is 0.355 e. The lowest BCUT2D eigenvalue weighted by Crippen LogP contribution is -2.36. The maximum atomic E-state index is 4.82. The zero-order chi connectivity index (χ0) is 16.9. The molecule has 0 saturated carbocycles. The van der Waals surface area contributed by atoms with Gasteiger partial charge < -0.3 is 14.8 Å². The molecule has 1 aliphatic rings. The van der Waals surface area contributed by atoms with Crippen molar-refractivity contribution in [2.24, 2.45) is 5.92 Å². The van der Waals surface area contributed by atoms with Gasteiger partial charge >= 0.3 is 0 Å². The summed E-state index contributed by atoms with van der Waals surface area (Å²) in [5.41, 5.74) is 2.31.